The van der Waals surface area contributed by atoms with Gasteiger partial charge in [-0.3, -0.25) is 4.79 Å². The molecule has 0 bridgehead atoms. The molecule has 1 fully saturated rings. The van der Waals surface area contributed by atoms with Crippen LogP contribution in [0.15, 0.2) is 33.7 Å². The minimum Gasteiger partial charge on any atom is -0.339 e. The Morgan fingerprint density at radius 1 is 1.32 bits per heavy atom. The fraction of sp³-hybridized carbons (Fsp3) is 0.471. The molecule has 1 heterocycles. The van der Waals surface area contributed by atoms with Gasteiger partial charge in [0, 0.05) is 37.5 Å². The van der Waals surface area contributed by atoms with E-state index in [1.165, 1.54) is 12.1 Å². The Kier molecular flexibility index (Phi) is 7.93. The molecule has 1 aliphatic carbocycles. The average molecular weight is 430 g/mol. The Bertz CT molecular complexity index is 898. The van der Waals surface area contributed by atoms with Gasteiger partial charge in [0.25, 0.3) is 0 Å². The van der Waals surface area contributed by atoms with Crippen LogP contribution in [0.25, 0.3) is 0 Å². The predicted molar refractivity (Wildman–Crippen MR) is 106 cm³/mol. The molecule has 28 heavy (non-hydrogen) atoms. The van der Waals surface area contributed by atoms with Gasteiger partial charge >= 0.3 is 0 Å². The van der Waals surface area contributed by atoms with Gasteiger partial charge in [-0.2, -0.15) is 4.98 Å². The van der Waals surface area contributed by atoms with Gasteiger partial charge < -0.3 is 15.6 Å². The molecule has 1 saturated carbocycles. The Labute approximate surface area is 169 Å². The highest BCUT2D eigenvalue weighted by Gasteiger charge is 2.28. The fourth-order valence-electron chi connectivity index (χ4n) is 2.52. The SMILES string of the molecule is Cl.NCCNS(=O)(=O)c1cccc(NC(=O)CCCc2nc(C3CC3)no2)c1. The summed E-state index contributed by atoms with van der Waals surface area (Å²) in [6.45, 7) is 0.356. The van der Waals surface area contributed by atoms with Crippen molar-refractivity contribution in [2.24, 2.45) is 5.73 Å². The molecule has 9 nitrogen and oxygen atoms in total. The van der Waals surface area contributed by atoms with Crippen molar-refractivity contribution in [1.29, 1.82) is 0 Å². The summed E-state index contributed by atoms with van der Waals surface area (Å²) in [6, 6.07) is 6.09. The Balaban J connectivity index is 0.00000280. The Morgan fingerprint density at radius 3 is 2.82 bits per heavy atom. The van der Waals surface area contributed by atoms with Gasteiger partial charge in [-0.25, -0.2) is 13.1 Å². The molecule has 0 atom stereocenters. The van der Waals surface area contributed by atoms with Crippen molar-refractivity contribution >= 4 is 34.0 Å². The second-order valence-corrected chi connectivity index (χ2v) is 8.20. The number of hydrogen-bond donors (Lipinski definition) is 3. The third kappa shape index (κ3) is 6.26. The molecule has 1 aliphatic rings. The van der Waals surface area contributed by atoms with Crippen LogP contribution in [0.1, 0.15) is 43.3 Å². The lowest BCUT2D eigenvalue weighted by atomic mass is 10.2. The first-order valence-electron chi connectivity index (χ1n) is 8.90. The topological polar surface area (TPSA) is 140 Å². The third-order valence-corrected chi connectivity index (χ3v) is 5.54. The molecule has 3 rings (SSSR count). The average Bonchev–Trinajstić information content (AvgIpc) is 3.39. The van der Waals surface area contributed by atoms with Gasteiger partial charge in [0.2, 0.25) is 21.8 Å². The smallest absolute Gasteiger partial charge is 0.240 e. The van der Waals surface area contributed by atoms with Crippen molar-refractivity contribution < 1.29 is 17.7 Å². The van der Waals surface area contributed by atoms with Crippen LogP contribution >= 0.6 is 12.4 Å². The van der Waals surface area contributed by atoms with Crippen molar-refractivity contribution in [3.05, 3.63) is 36.0 Å². The first-order chi connectivity index (χ1) is 13.0. The van der Waals surface area contributed by atoms with Crippen molar-refractivity contribution in [2.45, 2.75) is 42.9 Å². The number of sulfonamides is 1. The molecule has 0 aliphatic heterocycles. The summed E-state index contributed by atoms with van der Waals surface area (Å²) < 4.78 is 31.8. The summed E-state index contributed by atoms with van der Waals surface area (Å²) in [4.78, 5) is 16.5. The Morgan fingerprint density at radius 2 is 2.11 bits per heavy atom. The van der Waals surface area contributed by atoms with E-state index >= 15 is 0 Å². The summed E-state index contributed by atoms with van der Waals surface area (Å²) in [6.07, 6.45) is 3.58. The molecule has 1 aromatic heterocycles. The predicted octanol–water partition coefficient (Wildman–Crippen LogP) is 1.57. The largest absolute Gasteiger partial charge is 0.339 e. The molecule has 4 N–H and O–H groups in total. The number of benzene rings is 1. The number of amides is 1. The molecule has 0 spiro atoms. The van der Waals surface area contributed by atoms with Crippen molar-refractivity contribution in [2.75, 3.05) is 18.4 Å². The van der Waals surface area contributed by atoms with Crippen molar-refractivity contribution in [3.8, 4) is 0 Å². The summed E-state index contributed by atoms with van der Waals surface area (Å²) >= 11 is 0. The van der Waals surface area contributed by atoms with Crippen molar-refractivity contribution in [3.63, 3.8) is 0 Å². The Hall–Kier alpha value is -2.01. The minimum absolute atomic E-state index is 0. The van der Waals surface area contributed by atoms with Gasteiger partial charge in [0.05, 0.1) is 4.90 Å². The van der Waals surface area contributed by atoms with E-state index in [1.54, 1.807) is 12.1 Å². The van der Waals surface area contributed by atoms with Gasteiger partial charge in [0.15, 0.2) is 5.82 Å². The van der Waals surface area contributed by atoms with E-state index in [4.69, 9.17) is 10.3 Å². The summed E-state index contributed by atoms with van der Waals surface area (Å²) in [5.74, 6) is 1.54. The normalized spacial score (nSPS) is 13.8. The highest BCUT2D eigenvalue weighted by Crippen LogP contribution is 2.38. The zero-order valence-electron chi connectivity index (χ0n) is 15.3. The number of nitrogens with two attached hydrogens (primary N) is 1. The number of anilines is 1. The molecule has 1 aromatic carbocycles. The van der Waals surface area contributed by atoms with Crippen molar-refractivity contribution in [1.82, 2.24) is 14.9 Å². The summed E-state index contributed by atoms with van der Waals surface area (Å²) in [5.41, 5.74) is 5.74. The number of rotatable bonds is 10. The van der Waals surface area contributed by atoms with E-state index in [2.05, 4.69) is 20.2 Å². The molecule has 0 unspecified atom stereocenters. The van der Waals surface area contributed by atoms with Crippen LogP contribution in [0.4, 0.5) is 5.69 Å². The lowest BCUT2D eigenvalue weighted by molar-refractivity contribution is -0.116. The van der Waals surface area contributed by atoms with Gasteiger partial charge in [0.1, 0.15) is 0 Å². The number of carbonyl (C=O) groups excluding carboxylic acids is 1. The van der Waals surface area contributed by atoms with Crippen LogP contribution in [-0.2, 0) is 21.2 Å². The second kappa shape index (κ2) is 9.97. The molecule has 154 valence electrons. The summed E-state index contributed by atoms with van der Waals surface area (Å²) in [5, 5.41) is 6.65. The van der Waals surface area contributed by atoms with E-state index in [0.717, 1.165) is 18.7 Å². The number of nitrogens with zero attached hydrogens (tertiary/aromatic N) is 2. The first-order valence-corrected chi connectivity index (χ1v) is 10.4. The van der Waals surface area contributed by atoms with Crippen LogP contribution in [0, 0.1) is 0 Å². The number of halogens is 1. The van der Waals surface area contributed by atoms with E-state index < -0.39 is 10.0 Å². The number of aromatic nitrogens is 2. The zero-order valence-corrected chi connectivity index (χ0v) is 16.9. The van der Waals surface area contributed by atoms with Gasteiger partial charge in [-0.15, -0.1) is 12.4 Å². The van der Waals surface area contributed by atoms with Gasteiger partial charge in [-0.05, 0) is 37.5 Å². The quantitative estimate of drug-likeness (QED) is 0.520. The van der Waals surface area contributed by atoms with Crippen LogP contribution in [0.2, 0.25) is 0 Å². The first kappa shape index (κ1) is 22.3. The number of carbonyl (C=O) groups is 1. The highest BCUT2D eigenvalue weighted by molar-refractivity contribution is 7.89. The van der Waals surface area contributed by atoms with E-state index in [-0.39, 0.29) is 42.7 Å². The lowest BCUT2D eigenvalue weighted by Gasteiger charge is -2.09. The maximum absolute atomic E-state index is 12.1. The molecule has 0 radical (unpaired) electrons. The van der Waals surface area contributed by atoms with E-state index in [0.29, 0.717) is 30.3 Å². The molecule has 1 amide bonds. The van der Waals surface area contributed by atoms with Crippen LogP contribution in [0.5, 0.6) is 0 Å². The van der Waals surface area contributed by atoms with E-state index in [1.807, 2.05) is 0 Å². The maximum atomic E-state index is 12.1. The summed E-state index contributed by atoms with van der Waals surface area (Å²) in [7, 11) is -3.64. The second-order valence-electron chi connectivity index (χ2n) is 6.44. The van der Waals surface area contributed by atoms with Crippen LogP contribution < -0.4 is 15.8 Å². The molecule has 2 aromatic rings. The number of aryl methyl sites for hydroxylation is 1. The fourth-order valence-corrected chi connectivity index (χ4v) is 3.61. The van der Waals surface area contributed by atoms with Crippen LogP contribution in [-0.4, -0.2) is 37.6 Å². The zero-order chi connectivity index (χ0) is 19.3. The number of hydrogen-bond acceptors (Lipinski definition) is 7. The minimum atomic E-state index is -3.64. The molecular weight excluding hydrogens is 406 g/mol. The standard InChI is InChI=1S/C17H23N5O4S.ClH/c18-9-10-19-27(24,25)14-4-1-3-13(11-14)20-15(23)5-2-6-16-21-17(22-26-16)12-7-8-12;/h1,3-4,11-12,19H,2,5-10,18H2,(H,20,23);1H. The third-order valence-electron chi connectivity index (χ3n) is 4.09. The molecule has 11 heteroatoms. The monoisotopic (exact) mass is 429 g/mol. The lowest BCUT2D eigenvalue weighted by Crippen LogP contribution is -2.29. The van der Waals surface area contributed by atoms with Crippen LogP contribution in [0.3, 0.4) is 0 Å². The molecule has 0 saturated heterocycles. The molecular formula is C17H24ClN5O4S. The van der Waals surface area contributed by atoms with Gasteiger partial charge in [-0.1, -0.05) is 11.2 Å². The van der Waals surface area contributed by atoms with E-state index in [9.17, 15) is 13.2 Å². The maximum Gasteiger partial charge on any atom is 0.240 e. The number of nitrogens with one attached hydrogen (secondary N) is 2. The highest BCUT2D eigenvalue weighted by atomic mass is 35.5.